The molecule has 2 aliphatic rings. The third-order valence-corrected chi connectivity index (χ3v) is 2.98. The van der Waals surface area contributed by atoms with E-state index in [4.69, 9.17) is 0 Å². The van der Waals surface area contributed by atoms with Gasteiger partial charge in [-0.3, -0.25) is 29.0 Å². The number of carbonyl (C=O) groups is 4. The van der Waals surface area contributed by atoms with E-state index in [-0.39, 0.29) is 0 Å². The van der Waals surface area contributed by atoms with Crippen LogP contribution in [-0.2, 0) is 19.2 Å². The van der Waals surface area contributed by atoms with E-state index < -0.39 is 48.9 Å². The second-order valence-electron chi connectivity index (χ2n) is 4.38. The molecule has 20 heavy (non-hydrogen) atoms. The van der Waals surface area contributed by atoms with Crippen LogP contribution in [0.2, 0.25) is 0 Å². The highest BCUT2D eigenvalue weighted by atomic mass is 16.3. The minimum Gasteiger partial charge on any atom is -0.388 e. The molecule has 2 atom stereocenters. The smallest absolute Gasteiger partial charge is 0.253 e. The molecule has 0 saturated carbocycles. The third-order valence-electron chi connectivity index (χ3n) is 2.98. The Labute approximate surface area is 113 Å². The van der Waals surface area contributed by atoms with Gasteiger partial charge in [0.1, 0.15) is 0 Å². The van der Waals surface area contributed by atoms with Gasteiger partial charge in [-0.05, 0) is 0 Å². The van der Waals surface area contributed by atoms with Crippen LogP contribution in [0.1, 0.15) is 0 Å². The van der Waals surface area contributed by atoms with Crippen LogP contribution in [0.15, 0.2) is 24.3 Å². The number of rotatable bonds is 5. The Bertz CT molecular complexity index is 454. The molecule has 0 aromatic rings. The number of carbonyl (C=O) groups excluding carboxylic acids is 4. The van der Waals surface area contributed by atoms with Gasteiger partial charge >= 0.3 is 0 Å². The van der Waals surface area contributed by atoms with Crippen molar-refractivity contribution < 1.29 is 29.4 Å². The first kappa shape index (κ1) is 14.1. The Morgan fingerprint density at radius 3 is 1.20 bits per heavy atom. The Kier molecular flexibility index (Phi) is 3.77. The van der Waals surface area contributed by atoms with Gasteiger partial charge in [0.2, 0.25) is 0 Å². The predicted molar refractivity (Wildman–Crippen MR) is 63.7 cm³/mol. The van der Waals surface area contributed by atoms with Gasteiger partial charge in [-0.2, -0.15) is 0 Å². The molecule has 8 nitrogen and oxygen atoms in total. The standard InChI is InChI=1S/C12H12N2O6/c15-7(5-13-9(17)1-2-10(13)18)8(16)6-14-11(19)3-4-12(14)20/h1-4,7-8,15-16H,5-6H2/t7-,8+. The fraction of sp³-hybridized carbons (Fsp3) is 0.333. The highest BCUT2D eigenvalue weighted by molar-refractivity contribution is 6.13. The molecule has 0 aromatic heterocycles. The van der Waals surface area contributed by atoms with Crippen molar-refractivity contribution in [3.63, 3.8) is 0 Å². The maximum atomic E-state index is 11.3. The number of β-amino-alcohol motifs (C(OH)–C–C–N with tert-alkyl or cyclic N) is 2. The van der Waals surface area contributed by atoms with Crippen molar-refractivity contribution in [2.45, 2.75) is 12.2 Å². The average molecular weight is 280 g/mol. The molecule has 0 fully saturated rings. The van der Waals surface area contributed by atoms with Gasteiger partial charge in [0.25, 0.3) is 23.6 Å². The molecule has 0 aromatic carbocycles. The van der Waals surface area contributed by atoms with Crippen LogP contribution in [-0.4, -0.2) is 68.9 Å². The first-order valence-corrected chi connectivity index (χ1v) is 5.83. The summed E-state index contributed by atoms with van der Waals surface area (Å²) in [5, 5.41) is 19.5. The Hall–Kier alpha value is -2.32. The molecule has 2 heterocycles. The molecule has 0 saturated heterocycles. The normalized spacial score (nSPS) is 21.3. The summed E-state index contributed by atoms with van der Waals surface area (Å²) in [6, 6.07) is 0. The van der Waals surface area contributed by atoms with Gasteiger partial charge in [-0.15, -0.1) is 0 Å². The number of imide groups is 2. The number of amides is 4. The summed E-state index contributed by atoms with van der Waals surface area (Å²) in [5.74, 6) is -2.35. The second kappa shape index (κ2) is 5.35. The van der Waals surface area contributed by atoms with Gasteiger partial charge < -0.3 is 10.2 Å². The highest BCUT2D eigenvalue weighted by Crippen LogP contribution is 2.10. The van der Waals surface area contributed by atoms with Crippen molar-refractivity contribution in [1.29, 1.82) is 0 Å². The van der Waals surface area contributed by atoms with Gasteiger partial charge in [0.15, 0.2) is 0 Å². The lowest BCUT2D eigenvalue weighted by Crippen LogP contribution is -2.47. The van der Waals surface area contributed by atoms with Crippen LogP contribution in [0.3, 0.4) is 0 Å². The maximum Gasteiger partial charge on any atom is 0.253 e. The van der Waals surface area contributed by atoms with Crippen molar-refractivity contribution in [3.8, 4) is 0 Å². The van der Waals surface area contributed by atoms with Crippen molar-refractivity contribution in [2.24, 2.45) is 0 Å². The fourth-order valence-electron chi connectivity index (χ4n) is 1.84. The largest absolute Gasteiger partial charge is 0.388 e. The summed E-state index contributed by atoms with van der Waals surface area (Å²) >= 11 is 0. The molecule has 2 aliphatic heterocycles. The van der Waals surface area contributed by atoms with E-state index in [0.29, 0.717) is 0 Å². The van der Waals surface area contributed by atoms with Gasteiger partial charge in [0.05, 0.1) is 25.3 Å². The molecular formula is C12H12N2O6. The molecule has 106 valence electrons. The monoisotopic (exact) mass is 280 g/mol. The lowest BCUT2D eigenvalue weighted by atomic mass is 10.2. The highest BCUT2D eigenvalue weighted by Gasteiger charge is 2.32. The van der Waals surface area contributed by atoms with Crippen LogP contribution >= 0.6 is 0 Å². The molecule has 0 unspecified atom stereocenters. The van der Waals surface area contributed by atoms with Crippen molar-refractivity contribution in [1.82, 2.24) is 9.80 Å². The molecular weight excluding hydrogens is 268 g/mol. The van der Waals surface area contributed by atoms with E-state index in [1.165, 1.54) is 0 Å². The van der Waals surface area contributed by atoms with Crippen LogP contribution in [0, 0.1) is 0 Å². The molecule has 8 heteroatoms. The SMILES string of the molecule is O=C1C=CC(=O)N1C[C@@H](O)[C@@H](O)CN1C(=O)C=CC1=O. The summed E-state index contributed by atoms with van der Waals surface area (Å²) in [5.41, 5.74) is 0. The van der Waals surface area contributed by atoms with Crippen molar-refractivity contribution >= 4 is 23.6 Å². The Morgan fingerprint density at radius 1 is 0.700 bits per heavy atom. The quantitative estimate of drug-likeness (QED) is 0.540. The molecule has 0 radical (unpaired) electrons. The topological polar surface area (TPSA) is 115 Å². The Morgan fingerprint density at radius 2 is 0.950 bits per heavy atom. The lowest BCUT2D eigenvalue weighted by molar-refractivity contribution is -0.144. The minimum absolute atomic E-state index is 0.407. The summed E-state index contributed by atoms with van der Waals surface area (Å²) in [6.07, 6.45) is 1.31. The van der Waals surface area contributed by atoms with Crippen molar-refractivity contribution in [3.05, 3.63) is 24.3 Å². The van der Waals surface area contributed by atoms with Gasteiger partial charge in [-0.1, -0.05) is 0 Å². The fourth-order valence-corrected chi connectivity index (χ4v) is 1.84. The number of nitrogens with zero attached hydrogens (tertiary/aromatic N) is 2. The Balaban J connectivity index is 1.91. The number of aliphatic hydroxyl groups is 2. The number of hydrogen-bond acceptors (Lipinski definition) is 6. The zero-order valence-corrected chi connectivity index (χ0v) is 10.3. The van der Waals surface area contributed by atoms with E-state index in [9.17, 15) is 29.4 Å². The second-order valence-corrected chi connectivity index (χ2v) is 4.38. The first-order chi connectivity index (χ1) is 9.40. The summed E-state index contributed by atoms with van der Waals surface area (Å²) in [4.78, 5) is 46.7. The average Bonchev–Trinajstić information content (AvgIpc) is 2.88. The summed E-state index contributed by atoms with van der Waals surface area (Å²) in [6.45, 7) is -0.815. The van der Waals surface area contributed by atoms with E-state index in [1.807, 2.05) is 0 Å². The third kappa shape index (κ3) is 2.65. The molecule has 2 rings (SSSR count). The van der Waals surface area contributed by atoms with Gasteiger partial charge in [0, 0.05) is 24.3 Å². The zero-order valence-electron chi connectivity index (χ0n) is 10.3. The maximum absolute atomic E-state index is 11.3. The van der Waals surface area contributed by atoms with Crippen molar-refractivity contribution in [2.75, 3.05) is 13.1 Å². The van der Waals surface area contributed by atoms with E-state index in [0.717, 1.165) is 34.1 Å². The molecule has 0 aliphatic carbocycles. The van der Waals surface area contributed by atoms with Crippen LogP contribution < -0.4 is 0 Å². The minimum atomic E-state index is -1.45. The van der Waals surface area contributed by atoms with Gasteiger partial charge in [-0.25, -0.2) is 0 Å². The molecule has 4 amide bonds. The van der Waals surface area contributed by atoms with E-state index >= 15 is 0 Å². The van der Waals surface area contributed by atoms with E-state index in [2.05, 4.69) is 0 Å². The predicted octanol–water partition coefficient (Wildman–Crippen LogP) is -2.44. The number of aliphatic hydroxyl groups excluding tert-OH is 2. The first-order valence-electron chi connectivity index (χ1n) is 5.83. The molecule has 0 spiro atoms. The summed E-state index contributed by atoms with van der Waals surface area (Å²) < 4.78 is 0. The zero-order chi connectivity index (χ0) is 14.9. The van der Waals surface area contributed by atoms with Crippen LogP contribution in [0.5, 0.6) is 0 Å². The van der Waals surface area contributed by atoms with Crippen LogP contribution in [0.4, 0.5) is 0 Å². The molecule has 0 bridgehead atoms. The molecule has 2 N–H and O–H groups in total. The summed E-state index contributed by atoms with van der Waals surface area (Å²) in [7, 11) is 0. The van der Waals surface area contributed by atoms with E-state index in [1.54, 1.807) is 0 Å². The number of hydrogen-bond donors (Lipinski definition) is 2. The lowest BCUT2D eigenvalue weighted by Gasteiger charge is -2.25. The van der Waals surface area contributed by atoms with Crippen LogP contribution in [0.25, 0.3) is 0 Å².